The molecule has 2 aromatic carbocycles. The number of aliphatic carboxylic acids is 1. The predicted molar refractivity (Wildman–Crippen MR) is 96.1 cm³/mol. The molecular formula is C20H21NO5. The Morgan fingerprint density at radius 3 is 2.23 bits per heavy atom. The predicted octanol–water partition coefficient (Wildman–Crippen LogP) is 2.99. The van der Waals surface area contributed by atoms with Crippen molar-refractivity contribution in [2.45, 2.75) is 25.8 Å². The lowest BCUT2D eigenvalue weighted by Gasteiger charge is -2.14. The maximum absolute atomic E-state index is 12.2. The van der Waals surface area contributed by atoms with E-state index in [0.29, 0.717) is 23.5 Å². The molecule has 0 radical (unpaired) electrons. The summed E-state index contributed by atoms with van der Waals surface area (Å²) in [6.45, 7) is 2.41. The number of nitrogens with one attached hydrogen (secondary N) is 1. The summed E-state index contributed by atoms with van der Waals surface area (Å²) in [5.74, 6) is -1.15. The molecule has 2 N–H and O–H groups in total. The Balaban J connectivity index is 1.90. The summed E-state index contributed by atoms with van der Waals surface area (Å²) >= 11 is 0. The number of rotatable bonds is 9. The first-order chi connectivity index (χ1) is 12.5. The van der Waals surface area contributed by atoms with Gasteiger partial charge in [0.05, 0.1) is 6.61 Å². The number of benzene rings is 2. The van der Waals surface area contributed by atoms with Gasteiger partial charge in [-0.2, -0.15) is 0 Å². The number of hydrogen-bond acceptors (Lipinski definition) is 4. The van der Waals surface area contributed by atoms with Crippen LogP contribution in [0.5, 0.6) is 5.75 Å². The fourth-order valence-electron chi connectivity index (χ4n) is 2.44. The minimum atomic E-state index is -1.15. The number of carboxylic acid groups (broad SMARTS) is 1. The Hall–Kier alpha value is -3.15. The van der Waals surface area contributed by atoms with Crippen molar-refractivity contribution in [3.05, 3.63) is 65.7 Å². The maximum Gasteiger partial charge on any atom is 0.330 e. The van der Waals surface area contributed by atoms with Crippen LogP contribution < -0.4 is 10.1 Å². The van der Waals surface area contributed by atoms with Crippen molar-refractivity contribution < 1.29 is 24.2 Å². The Morgan fingerprint density at radius 1 is 1.00 bits per heavy atom. The summed E-state index contributed by atoms with van der Waals surface area (Å²) in [5.41, 5.74) is 0.963. The average molecular weight is 355 g/mol. The van der Waals surface area contributed by atoms with E-state index in [4.69, 9.17) is 4.74 Å². The summed E-state index contributed by atoms with van der Waals surface area (Å²) in [7, 11) is 0. The van der Waals surface area contributed by atoms with Gasteiger partial charge in [0.15, 0.2) is 11.8 Å². The van der Waals surface area contributed by atoms with Crippen LogP contribution >= 0.6 is 0 Å². The minimum Gasteiger partial charge on any atom is -0.494 e. The van der Waals surface area contributed by atoms with Crippen molar-refractivity contribution >= 4 is 17.7 Å². The van der Waals surface area contributed by atoms with Gasteiger partial charge in [-0.1, -0.05) is 30.3 Å². The fourth-order valence-corrected chi connectivity index (χ4v) is 2.44. The molecule has 0 saturated carbocycles. The molecule has 6 nitrogen and oxygen atoms in total. The molecular weight excluding hydrogens is 334 g/mol. The SMILES string of the molecule is CCOc1ccc(C(=O)CCC(=O)N[C@@H](C(=O)O)c2ccccc2)cc1. The molecule has 0 aliphatic rings. The fraction of sp³-hybridized carbons (Fsp3) is 0.250. The third-order valence-electron chi connectivity index (χ3n) is 3.75. The second kappa shape index (κ2) is 9.36. The summed E-state index contributed by atoms with van der Waals surface area (Å²) < 4.78 is 5.32. The first-order valence-corrected chi connectivity index (χ1v) is 8.34. The van der Waals surface area contributed by atoms with Crippen LogP contribution in [0.25, 0.3) is 0 Å². The molecule has 0 spiro atoms. The highest BCUT2D eigenvalue weighted by Gasteiger charge is 2.22. The molecule has 0 unspecified atom stereocenters. The van der Waals surface area contributed by atoms with E-state index in [0.717, 1.165) is 0 Å². The minimum absolute atomic E-state index is 0.000936. The molecule has 0 bridgehead atoms. The van der Waals surface area contributed by atoms with Crippen LogP contribution in [-0.2, 0) is 9.59 Å². The molecule has 0 aliphatic heterocycles. The number of carbonyl (C=O) groups is 3. The zero-order valence-electron chi connectivity index (χ0n) is 14.5. The Kier molecular flexibility index (Phi) is 6.91. The van der Waals surface area contributed by atoms with Gasteiger partial charge in [0.2, 0.25) is 5.91 Å². The van der Waals surface area contributed by atoms with Gasteiger partial charge in [-0.05, 0) is 36.8 Å². The van der Waals surface area contributed by atoms with Crippen molar-refractivity contribution in [3.63, 3.8) is 0 Å². The number of ether oxygens (including phenoxy) is 1. The Labute approximate surface area is 151 Å². The van der Waals surface area contributed by atoms with Gasteiger partial charge in [-0.3, -0.25) is 9.59 Å². The van der Waals surface area contributed by atoms with Crippen LogP contribution in [0.3, 0.4) is 0 Å². The van der Waals surface area contributed by atoms with Crippen LogP contribution in [-0.4, -0.2) is 29.4 Å². The van der Waals surface area contributed by atoms with E-state index in [-0.39, 0.29) is 18.6 Å². The lowest BCUT2D eigenvalue weighted by Crippen LogP contribution is -2.33. The van der Waals surface area contributed by atoms with Gasteiger partial charge in [0, 0.05) is 18.4 Å². The van der Waals surface area contributed by atoms with Crippen LogP contribution in [0.2, 0.25) is 0 Å². The van der Waals surface area contributed by atoms with E-state index in [9.17, 15) is 19.5 Å². The number of Topliss-reactive ketones (excluding diaryl/α,β-unsaturated/α-hetero) is 1. The summed E-state index contributed by atoms with van der Waals surface area (Å²) in [4.78, 5) is 35.6. The summed E-state index contributed by atoms with van der Waals surface area (Å²) in [6, 6.07) is 14.0. The standard InChI is InChI=1S/C20H21NO5/c1-2-26-16-10-8-14(9-11-16)17(22)12-13-18(23)21-19(20(24)25)15-6-4-3-5-7-15/h3-11,19H,2,12-13H2,1H3,(H,21,23)(H,24,25)/t19-/m1/s1. The van der Waals surface area contributed by atoms with E-state index in [1.54, 1.807) is 54.6 Å². The van der Waals surface area contributed by atoms with Crippen LogP contribution in [0.15, 0.2) is 54.6 Å². The largest absolute Gasteiger partial charge is 0.494 e. The number of hydrogen-bond donors (Lipinski definition) is 2. The first-order valence-electron chi connectivity index (χ1n) is 8.34. The summed E-state index contributed by atoms with van der Waals surface area (Å²) in [6.07, 6.45) is -0.0798. The molecule has 26 heavy (non-hydrogen) atoms. The summed E-state index contributed by atoms with van der Waals surface area (Å²) in [5, 5.41) is 11.8. The number of carbonyl (C=O) groups excluding carboxylic acids is 2. The molecule has 0 aromatic heterocycles. The topological polar surface area (TPSA) is 92.7 Å². The average Bonchev–Trinajstić information content (AvgIpc) is 2.65. The third-order valence-corrected chi connectivity index (χ3v) is 3.75. The molecule has 1 amide bonds. The zero-order valence-corrected chi connectivity index (χ0v) is 14.5. The maximum atomic E-state index is 12.2. The highest BCUT2D eigenvalue weighted by molar-refractivity contribution is 5.98. The number of ketones is 1. The number of carboxylic acids is 1. The van der Waals surface area contributed by atoms with Crippen LogP contribution in [0, 0.1) is 0 Å². The van der Waals surface area contributed by atoms with E-state index in [1.807, 2.05) is 6.92 Å². The van der Waals surface area contributed by atoms with E-state index < -0.39 is 17.9 Å². The molecule has 0 saturated heterocycles. The zero-order chi connectivity index (χ0) is 18.9. The number of amides is 1. The van der Waals surface area contributed by atoms with Gasteiger partial charge < -0.3 is 15.2 Å². The van der Waals surface area contributed by atoms with Crippen molar-refractivity contribution in [3.8, 4) is 5.75 Å². The van der Waals surface area contributed by atoms with E-state index in [1.165, 1.54) is 0 Å². The third kappa shape index (κ3) is 5.44. The Bertz CT molecular complexity index is 756. The quantitative estimate of drug-likeness (QED) is 0.675. The van der Waals surface area contributed by atoms with E-state index >= 15 is 0 Å². The van der Waals surface area contributed by atoms with Crippen LogP contribution in [0.4, 0.5) is 0 Å². The molecule has 6 heteroatoms. The van der Waals surface area contributed by atoms with Crippen molar-refractivity contribution in [1.82, 2.24) is 5.32 Å². The highest BCUT2D eigenvalue weighted by atomic mass is 16.5. The van der Waals surface area contributed by atoms with E-state index in [2.05, 4.69) is 5.32 Å². The van der Waals surface area contributed by atoms with Crippen molar-refractivity contribution in [2.24, 2.45) is 0 Å². The highest BCUT2D eigenvalue weighted by Crippen LogP contribution is 2.15. The molecule has 1 atom stereocenters. The molecule has 136 valence electrons. The molecule has 2 rings (SSSR count). The molecule has 0 aliphatic carbocycles. The second-order valence-corrected chi connectivity index (χ2v) is 5.63. The van der Waals surface area contributed by atoms with Crippen LogP contribution in [0.1, 0.15) is 41.7 Å². The van der Waals surface area contributed by atoms with Crippen molar-refractivity contribution in [1.29, 1.82) is 0 Å². The van der Waals surface area contributed by atoms with Crippen molar-refractivity contribution in [2.75, 3.05) is 6.61 Å². The lowest BCUT2D eigenvalue weighted by atomic mass is 10.0. The molecule has 0 heterocycles. The Morgan fingerprint density at radius 2 is 1.65 bits per heavy atom. The lowest BCUT2D eigenvalue weighted by molar-refractivity contribution is -0.142. The first kappa shape index (κ1) is 19.2. The van der Waals surface area contributed by atoms with Gasteiger partial charge >= 0.3 is 5.97 Å². The molecule has 2 aromatic rings. The van der Waals surface area contributed by atoms with Gasteiger partial charge in [-0.15, -0.1) is 0 Å². The molecule has 0 fully saturated rings. The second-order valence-electron chi connectivity index (χ2n) is 5.63. The smallest absolute Gasteiger partial charge is 0.330 e. The monoisotopic (exact) mass is 355 g/mol. The van der Waals surface area contributed by atoms with Gasteiger partial charge in [0.1, 0.15) is 5.75 Å². The normalized spacial score (nSPS) is 11.4. The van der Waals surface area contributed by atoms with Gasteiger partial charge in [0.25, 0.3) is 0 Å². The van der Waals surface area contributed by atoms with Gasteiger partial charge in [-0.25, -0.2) is 4.79 Å².